The fourth-order valence-corrected chi connectivity index (χ4v) is 3.15. The second-order valence-corrected chi connectivity index (χ2v) is 7.75. The van der Waals surface area contributed by atoms with Crippen molar-refractivity contribution in [1.82, 2.24) is 10.0 Å². The maximum Gasteiger partial charge on any atom is 0.274 e. The van der Waals surface area contributed by atoms with Gasteiger partial charge in [-0.25, -0.2) is 10.0 Å². The number of amides is 2. The van der Waals surface area contributed by atoms with Gasteiger partial charge in [0, 0.05) is 18.2 Å². The summed E-state index contributed by atoms with van der Waals surface area (Å²) in [5.41, 5.74) is 0.601. The van der Waals surface area contributed by atoms with Gasteiger partial charge in [-0.1, -0.05) is 35.0 Å². The Morgan fingerprint density at radius 3 is 2.31 bits per heavy atom. The molecular weight excluding hydrogens is 394 g/mol. The number of aldehydes is 1. The Morgan fingerprint density at radius 2 is 1.76 bits per heavy atom. The molecule has 0 fully saturated rings. The number of oxime groups is 1. The van der Waals surface area contributed by atoms with Crippen molar-refractivity contribution in [2.24, 2.45) is 5.16 Å². The smallest absolute Gasteiger partial charge is 0.274 e. The van der Waals surface area contributed by atoms with Crippen LogP contribution in [0.5, 0.6) is 0 Å². The minimum Gasteiger partial charge on any atom is -0.411 e. The predicted molar refractivity (Wildman–Crippen MR) is 111 cm³/mol. The maximum absolute atomic E-state index is 13.3. The molecule has 0 aliphatic rings. The summed E-state index contributed by atoms with van der Waals surface area (Å²) in [4.78, 5) is 37.3. The third-order valence-corrected chi connectivity index (χ3v) is 4.43. The number of hydrogen-bond donors (Lipinski definition) is 1. The molecule has 0 atom stereocenters. The van der Waals surface area contributed by atoms with Crippen LogP contribution >= 0.6 is 11.6 Å². The van der Waals surface area contributed by atoms with Crippen molar-refractivity contribution in [1.29, 1.82) is 0 Å². The second-order valence-electron chi connectivity index (χ2n) is 7.34. The van der Waals surface area contributed by atoms with Crippen LogP contribution in [0.15, 0.2) is 47.6 Å². The first kappa shape index (κ1) is 22.1. The number of hydrazine groups is 1. The zero-order valence-electron chi connectivity index (χ0n) is 16.6. The van der Waals surface area contributed by atoms with E-state index in [0.717, 1.165) is 0 Å². The van der Waals surface area contributed by atoms with Crippen LogP contribution in [0.2, 0.25) is 5.02 Å². The summed E-state index contributed by atoms with van der Waals surface area (Å²) >= 11 is 6.26. The van der Waals surface area contributed by atoms with Crippen molar-refractivity contribution in [3.63, 3.8) is 0 Å². The molecular formula is C21H22ClN3O4. The van der Waals surface area contributed by atoms with Crippen LogP contribution in [0.4, 0.5) is 0 Å². The molecule has 0 aromatic heterocycles. The Kier molecular flexibility index (Phi) is 6.76. The normalized spacial score (nSPS) is 11.3. The Labute approximate surface area is 174 Å². The highest BCUT2D eigenvalue weighted by atomic mass is 35.5. The van der Waals surface area contributed by atoms with Gasteiger partial charge < -0.3 is 5.21 Å². The van der Waals surface area contributed by atoms with E-state index in [9.17, 15) is 14.4 Å². The van der Waals surface area contributed by atoms with Crippen molar-refractivity contribution >= 4 is 35.9 Å². The van der Waals surface area contributed by atoms with E-state index >= 15 is 0 Å². The molecule has 152 valence electrons. The van der Waals surface area contributed by atoms with Gasteiger partial charge >= 0.3 is 0 Å². The van der Waals surface area contributed by atoms with Gasteiger partial charge in [0.25, 0.3) is 11.8 Å². The van der Waals surface area contributed by atoms with Crippen molar-refractivity contribution in [2.75, 3.05) is 7.05 Å². The lowest BCUT2D eigenvalue weighted by molar-refractivity contribution is -0.0308. The number of carbonyl (C=O) groups is 3. The van der Waals surface area contributed by atoms with E-state index < -0.39 is 17.4 Å². The van der Waals surface area contributed by atoms with E-state index in [0.29, 0.717) is 17.4 Å². The van der Waals surface area contributed by atoms with Gasteiger partial charge in [0.05, 0.1) is 22.3 Å². The molecule has 0 aliphatic heterocycles. The van der Waals surface area contributed by atoms with Crippen molar-refractivity contribution in [2.45, 2.75) is 26.3 Å². The van der Waals surface area contributed by atoms with E-state index in [1.165, 1.54) is 41.5 Å². The molecule has 0 heterocycles. The highest BCUT2D eigenvalue weighted by Gasteiger charge is 2.34. The van der Waals surface area contributed by atoms with Crippen LogP contribution in [0.1, 0.15) is 57.4 Å². The molecule has 0 spiro atoms. The van der Waals surface area contributed by atoms with E-state index in [2.05, 4.69) is 5.16 Å². The lowest BCUT2D eigenvalue weighted by Crippen LogP contribution is -2.56. The number of carbonyl (C=O) groups excluding carboxylic acids is 3. The van der Waals surface area contributed by atoms with Gasteiger partial charge in [-0.2, -0.15) is 0 Å². The topological polar surface area (TPSA) is 90.3 Å². The fourth-order valence-electron chi connectivity index (χ4n) is 2.88. The summed E-state index contributed by atoms with van der Waals surface area (Å²) in [5, 5.41) is 14.3. The molecule has 2 aromatic carbocycles. The van der Waals surface area contributed by atoms with Gasteiger partial charge in [-0.05, 0) is 50.6 Å². The third-order valence-electron chi connectivity index (χ3n) is 4.12. The number of halogens is 1. The molecule has 0 saturated carbocycles. The Hall–Kier alpha value is -3.19. The molecule has 7 nitrogen and oxygen atoms in total. The summed E-state index contributed by atoms with van der Waals surface area (Å²) in [6.45, 7) is 5.37. The fraction of sp³-hybridized carbons (Fsp3) is 0.238. The van der Waals surface area contributed by atoms with Gasteiger partial charge in [-0.3, -0.25) is 14.4 Å². The van der Waals surface area contributed by atoms with E-state index in [1.807, 2.05) is 0 Å². The average molecular weight is 416 g/mol. The standard InChI is InChI=1S/C21H22ClN3O4/c1-21(2,3)25(20(28)17-9-8-14(12-23-29)11-18(17)22)24(4)19(27)16-7-5-6-15(10-16)13-26/h5-13,29H,1-4H3. The molecule has 0 bridgehead atoms. The van der Waals surface area contributed by atoms with Crippen LogP contribution < -0.4 is 0 Å². The van der Waals surface area contributed by atoms with Crippen LogP contribution in [-0.2, 0) is 0 Å². The van der Waals surface area contributed by atoms with E-state index in [1.54, 1.807) is 45.0 Å². The molecule has 2 rings (SSSR count). The Balaban J connectivity index is 2.44. The lowest BCUT2D eigenvalue weighted by atomic mass is 10.0. The first-order valence-corrected chi connectivity index (χ1v) is 9.12. The van der Waals surface area contributed by atoms with Crippen molar-refractivity contribution in [3.8, 4) is 0 Å². The molecule has 29 heavy (non-hydrogen) atoms. The zero-order valence-corrected chi connectivity index (χ0v) is 17.3. The second kappa shape index (κ2) is 8.87. The summed E-state index contributed by atoms with van der Waals surface area (Å²) < 4.78 is 0. The number of hydrogen-bond acceptors (Lipinski definition) is 5. The summed E-state index contributed by atoms with van der Waals surface area (Å²) in [6, 6.07) is 10.8. The Morgan fingerprint density at radius 1 is 1.07 bits per heavy atom. The highest BCUT2D eigenvalue weighted by molar-refractivity contribution is 6.34. The zero-order chi connectivity index (χ0) is 21.8. The van der Waals surface area contributed by atoms with Crippen LogP contribution in [-0.4, -0.2) is 52.1 Å². The first-order chi connectivity index (χ1) is 13.6. The van der Waals surface area contributed by atoms with Crippen LogP contribution in [0.25, 0.3) is 0 Å². The van der Waals surface area contributed by atoms with E-state index in [-0.39, 0.29) is 16.1 Å². The summed E-state index contributed by atoms with van der Waals surface area (Å²) in [7, 11) is 1.49. The van der Waals surface area contributed by atoms with Gasteiger partial charge in [0.1, 0.15) is 6.29 Å². The Bertz CT molecular complexity index is 967. The highest BCUT2D eigenvalue weighted by Crippen LogP contribution is 2.25. The third kappa shape index (κ3) is 5.00. The van der Waals surface area contributed by atoms with Gasteiger partial charge in [0.2, 0.25) is 0 Å². The SMILES string of the molecule is CN(C(=O)c1cccc(C=O)c1)N(C(=O)c1ccc(C=NO)cc1Cl)C(C)(C)C. The van der Waals surface area contributed by atoms with Gasteiger partial charge in [-0.15, -0.1) is 0 Å². The molecule has 0 unspecified atom stereocenters. The number of rotatable bonds is 4. The monoisotopic (exact) mass is 415 g/mol. The van der Waals surface area contributed by atoms with Crippen molar-refractivity contribution < 1.29 is 19.6 Å². The predicted octanol–water partition coefficient (Wildman–Crippen LogP) is 3.89. The molecule has 2 amide bonds. The molecule has 0 aliphatic carbocycles. The molecule has 1 N–H and O–H groups in total. The largest absolute Gasteiger partial charge is 0.411 e. The number of benzene rings is 2. The summed E-state index contributed by atoms with van der Waals surface area (Å²) in [5.74, 6) is -0.922. The summed E-state index contributed by atoms with van der Waals surface area (Å²) in [6.07, 6.45) is 1.85. The van der Waals surface area contributed by atoms with E-state index in [4.69, 9.17) is 16.8 Å². The average Bonchev–Trinajstić information content (AvgIpc) is 2.66. The van der Waals surface area contributed by atoms with Crippen LogP contribution in [0.3, 0.4) is 0 Å². The molecule has 2 aromatic rings. The van der Waals surface area contributed by atoms with Crippen molar-refractivity contribution in [3.05, 3.63) is 69.7 Å². The number of nitrogens with zero attached hydrogens (tertiary/aromatic N) is 3. The minimum absolute atomic E-state index is 0.158. The minimum atomic E-state index is -0.752. The first-order valence-electron chi connectivity index (χ1n) is 8.75. The maximum atomic E-state index is 13.3. The van der Waals surface area contributed by atoms with Crippen LogP contribution in [0, 0.1) is 0 Å². The molecule has 8 heteroatoms. The quantitative estimate of drug-likeness (QED) is 0.355. The molecule has 0 saturated heterocycles. The lowest BCUT2D eigenvalue weighted by Gasteiger charge is -2.41. The van der Waals surface area contributed by atoms with Gasteiger partial charge in [0.15, 0.2) is 0 Å². The molecule has 0 radical (unpaired) electrons.